The van der Waals surface area contributed by atoms with Crippen molar-refractivity contribution in [2.45, 2.75) is 0 Å². The quantitative estimate of drug-likeness (QED) is 0.509. The Balaban J connectivity index is 1.39. The van der Waals surface area contributed by atoms with E-state index in [0.717, 1.165) is 0 Å². The van der Waals surface area contributed by atoms with Crippen LogP contribution >= 0.6 is 0 Å². The maximum absolute atomic E-state index is 14.1. The van der Waals surface area contributed by atoms with E-state index in [1.807, 2.05) is 4.90 Å². The lowest BCUT2D eigenvalue weighted by molar-refractivity contribution is 0.0748. The lowest BCUT2D eigenvalue weighted by atomic mass is 10.1. The van der Waals surface area contributed by atoms with Crippen molar-refractivity contribution < 1.29 is 13.6 Å². The molecule has 31 heavy (non-hydrogen) atoms. The van der Waals surface area contributed by atoms with Crippen molar-refractivity contribution in [3.8, 4) is 11.3 Å². The Morgan fingerprint density at radius 2 is 1.74 bits per heavy atom. The number of nitrogens with zero attached hydrogens (tertiary/aromatic N) is 5. The average molecular weight is 419 g/mol. The van der Waals surface area contributed by atoms with Crippen molar-refractivity contribution in [1.82, 2.24) is 19.5 Å². The monoisotopic (exact) mass is 419 g/mol. The van der Waals surface area contributed by atoms with Crippen LogP contribution in [0, 0.1) is 11.6 Å². The van der Waals surface area contributed by atoms with Gasteiger partial charge in [0.15, 0.2) is 5.65 Å². The molecule has 0 unspecified atom stereocenters. The highest BCUT2D eigenvalue weighted by molar-refractivity contribution is 6.00. The third kappa shape index (κ3) is 3.50. The van der Waals surface area contributed by atoms with Gasteiger partial charge in [0.25, 0.3) is 5.91 Å². The largest absolute Gasteiger partial charge is 0.366 e. The van der Waals surface area contributed by atoms with Gasteiger partial charge in [0, 0.05) is 37.9 Å². The minimum Gasteiger partial charge on any atom is -0.366 e. The Morgan fingerprint density at radius 3 is 2.52 bits per heavy atom. The van der Waals surface area contributed by atoms with Gasteiger partial charge in [-0.15, -0.1) is 0 Å². The first-order valence-electron chi connectivity index (χ1n) is 9.99. The topological polar surface area (TPSA) is 53.7 Å². The summed E-state index contributed by atoms with van der Waals surface area (Å²) in [6.45, 7) is 2.00. The standard InChI is InChI=1S/C23H19F2N5O/c24-17-5-3-4-16(14-17)20-8-9-26-22-18(15-27-30(20)22)23(31)29-12-10-28(11-13-29)21-7-2-1-6-19(21)25/h1-9,14-15H,10-13H2. The van der Waals surface area contributed by atoms with Gasteiger partial charge >= 0.3 is 0 Å². The van der Waals surface area contributed by atoms with Gasteiger partial charge in [-0.25, -0.2) is 18.3 Å². The maximum atomic E-state index is 14.1. The molecule has 0 bridgehead atoms. The second kappa shape index (κ2) is 7.79. The molecule has 2 aromatic heterocycles. The molecule has 8 heteroatoms. The summed E-state index contributed by atoms with van der Waals surface area (Å²) in [7, 11) is 0. The summed E-state index contributed by atoms with van der Waals surface area (Å²) in [5.74, 6) is -0.787. The van der Waals surface area contributed by atoms with E-state index in [-0.39, 0.29) is 17.5 Å². The Hall–Kier alpha value is -3.81. The molecule has 1 saturated heterocycles. The highest BCUT2D eigenvalue weighted by atomic mass is 19.1. The van der Waals surface area contributed by atoms with Crippen LogP contribution in [0.1, 0.15) is 10.4 Å². The third-order valence-corrected chi connectivity index (χ3v) is 5.51. The lowest BCUT2D eigenvalue weighted by Crippen LogP contribution is -2.49. The molecule has 3 heterocycles. The zero-order valence-electron chi connectivity index (χ0n) is 16.6. The number of halogens is 2. The highest BCUT2D eigenvalue weighted by Crippen LogP contribution is 2.24. The molecule has 0 radical (unpaired) electrons. The predicted molar refractivity (Wildman–Crippen MR) is 113 cm³/mol. The first kappa shape index (κ1) is 19.2. The van der Waals surface area contributed by atoms with Gasteiger partial charge in [0.05, 0.1) is 17.6 Å². The van der Waals surface area contributed by atoms with Crippen LogP contribution in [0.3, 0.4) is 0 Å². The number of fused-ring (bicyclic) bond motifs is 1. The first-order chi connectivity index (χ1) is 15.1. The number of para-hydroxylation sites is 1. The van der Waals surface area contributed by atoms with Crippen LogP contribution in [0.4, 0.5) is 14.5 Å². The lowest BCUT2D eigenvalue weighted by Gasteiger charge is -2.36. The number of hydrogen-bond donors (Lipinski definition) is 0. The summed E-state index contributed by atoms with van der Waals surface area (Å²) in [4.78, 5) is 21.2. The molecule has 0 atom stereocenters. The first-order valence-corrected chi connectivity index (χ1v) is 9.99. The summed E-state index contributed by atoms with van der Waals surface area (Å²) >= 11 is 0. The number of amides is 1. The van der Waals surface area contributed by atoms with E-state index < -0.39 is 0 Å². The third-order valence-electron chi connectivity index (χ3n) is 5.51. The van der Waals surface area contributed by atoms with Gasteiger partial charge in [0.1, 0.15) is 17.2 Å². The number of piperazine rings is 1. The summed E-state index contributed by atoms with van der Waals surface area (Å²) in [6, 6.07) is 14.6. The smallest absolute Gasteiger partial charge is 0.259 e. The van der Waals surface area contributed by atoms with Crippen LogP contribution < -0.4 is 4.90 Å². The van der Waals surface area contributed by atoms with Crippen molar-refractivity contribution in [1.29, 1.82) is 0 Å². The second-order valence-electron chi connectivity index (χ2n) is 7.36. The molecule has 1 fully saturated rings. The summed E-state index contributed by atoms with van der Waals surface area (Å²) < 4.78 is 29.3. The van der Waals surface area contributed by atoms with Crippen molar-refractivity contribution in [2.75, 3.05) is 31.1 Å². The Labute approximate surface area is 177 Å². The Bertz CT molecular complexity index is 1260. The number of hydrogen-bond acceptors (Lipinski definition) is 4. The molecule has 1 aliphatic heterocycles. The van der Waals surface area contributed by atoms with Crippen LogP contribution in [-0.4, -0.2) is 51.6 Å². The summed E-state index contributed by atoms with van der Waals surface area (Å²) in [5, 5.41) is 4.34. The normalized spacial score (nSPS) is 14.3. The van der Waals surface area contributed by atoms with Crippen LogP contribution in [0.2, 0.25) is 0 Å². The van der Waals surface area contributed by atoms with Gasteiger partial charge in [0.2, 0.25) is 0 Å². The number of carbonyl (C=O) groups is 1. The van der Waals surface area contributed by atoms with E-state index in [0.29, 0.717) is 54.3 Å². The maximum Gasteiger partial charge on any atom is 0.259 e. The fourth-order valence-corrected chi connectivity index (χ4v) is 3.94. The van der Waals surface area contributed by atoms with Crippen LogP contribution in [0.5, 0.6) is 0 Å². The zero-order chi connectivity index (χ0) is 21.4. The van der Waals surface area contributed by atoms with Crippen LogP contribution in [0.25, 0.3) is 16.9 Å². The number of anilines is 1. The molecule has 6 nitrogen and oxygen atoms in total. The van der Waals surface area contributed by atoms with E-state index in [9.17, 15) is 13.6 Å². The number of carbonyl (C=O) groups excluding carboxylic acids is 1. The molecule has 1 amide bonds. The van der Waals surface area contributed by atoms with Gasteiger partial charge < -0.3 is 9.80 Å². The molecule has 0 N–H and O–H groups in total. The van der Waals surface area contributed by atoms with E-state index in [1.54, 1.807) is 52.0 Å². The van der Waals surface area contributed by atoms with E-state index in [2.05, 4.69) is 10.1 Å². The molecule has 0 saturated carbocycles. The molecular formula is C23H19F2N5O. The van der Waals surface area contributed by atoms with Gasteiger partial charge in [-0.1, -0.05) is 24.3 Å². The SMILES string of the molecule is O=C(c1cnn2c(-c3cccc(F)c3)ccnc12)N1CCN(c2ccccc2F)CC1. The molecule has 0 spiro atoms. The minimum absolute atomic E-state index is 0.174. The van der Waals surface area contributed by atoms with Crippen molar-refractivity contribution in [3.63, 3.8) is 0 Å². The molecule has 0 aliphatic carbocycles. The van der Waals surface area contributed by atoms with Crippen molar-refractivity contribution in [2.24, 2.45) is 0 Å². The summed E-state index contributed by atoms with van der Waals surface area (Å²) in [6.07, 6.45) is 3.08. The number of benzene rings is 2. The Morgan fingerprint density at radius 1 is 0.935 bits per heavy atom. The zero-order valence-corrected chi connectivity index (χ0v) is 16.6. The van der Waals surface area contributed by atoms with Gasteiger partial charge in [-0.05, 0) is 30.3 Å². The number of aromatic nitrogens is 3. The highest BCUT2D eigenvalue weighted by Gasteiger charge is 2.26. The van der Waals surface area contributed by atoms with E-state index in [1.165, 1.54) is 24.4 Å². The predicted octanol–water partition coefficient (Wildman–Crippen LogP) is 3.64. The molecule has 4 aromatic rings. The van der Waals surface area contributed by atoms with Crippen LogP contribution in [0.15, 0.2) is 67.0 Å². The number of rotatable bonds is 3. The molecular weight excluding hydrogens is 400 g/mol. The molecule has 2 aromatic carbocycles. The van der Waals surface area contributed by atoms with Crippen molar-refractivity contribution >= 4 is 17.2 Å². The Kier molecular flexibility index (Phi) is 4.82. The molecule has 5 rings (SSSR count). The van der Waals surface area contributed by atoms with E-state index in [4.69, 9.17) is 0 Å². The average Bonchev–Trinajstić information content (AvgIpc) is 3.23. The second-order valence-corrected chi connectivity index (χ2v) is 7.36. The fraction of sp³-hybridized carbons (Fsp3) is 0.174. The molecule has 156 valence electrons. The van der Waals surface area contributed by atoms with Crippen molar-refractivity contribution in [3.05, 3.63) is 84.2 Å². The van der Waals surface area contributed by atoms with E-state index >= 15 is 0 Å². The van der Waals surface area contributed by atoms with Gasteiger partial charge in [-0.2, -0.15) is 5.10 Å². The van der Waals surface area contributed by atoms with Gasteiger partial charge in [-0.3, -0.25) is 4.79 Å². The minimum atomic E-state index is -0.348. The fourth-order valence-electron chi connectivity index (χ4n) is 3.94. The van der Waals surface area contributed by atoms with Crippen LogP contribution in [-0.2, 0) is 0 Å². The summed E-state index contributed by atoms with van der Waals surface area (Å²) in [5.41, 5.74) is 2.65. The molecule has 1 aliphatic rings.